The number of hydrogen-bond acceptors (Lipinski definition) is 5. The van der Waals surface area contributed by atoms with Crippen LogP contribution in [0.2, 0.25) is 0 Å². The highest BCUT2D eigenvalue weighted by Gasteiger charge is 2.20. The second-order valence-electron chi connectivity index (χ2n) is 3.99. The molecule has 6 nitrogen and oxygen atoms in total. The lowest BCUT2D eigenvalue weighted by atomic mass is 10.2. The molecule has 0 aliphatic rings. The monoisotopic (exact) mass is 256 g/mol. The first-order valence-electron chi connectivity index (χ1n) is 5.76. The van der Waals surface area contributed by atoms with Crippen molar-refractivity contribution in [2.45, 2.75) is 6.10 Å². The number of nitrogens with zero attached hydrogens (tertiary/aromatic N) is 4. The fourth-order valence-electron chi connectivity index (χ4n) is 1.91. The SMILES string of the molecule is COc1nccnc1C(O)c1cn2ccccc2n1. The third-order valence-corrected chi connectivity index (χ3v) is 2.81. The van der Waals surface area contributed by atoms with Crippen molar-refractivity contribution in [1.29, 1.82) is 0 Å². The molecule has 3 aromatic heterocycles. The van der Waals surface area contributed by atoms with Crippen LogP contribution in [-0.4, -0.2) is 31.6 Å². The first-order valence-corrected chi connectivity index (χ1v) is 5.76. The van der Waals surface area contributed by atoms with E-state index in [0.717, 1.165) is 5.65 Å². The lowest BCUT2D eigenvalue weighted by Crippen LogP contribution is -2.06. The molecule has 0 aliphatic carbocycles. The molecule has 0 aromatic carbocycles. The molecule has 0 saturated heterocycles. The zero-order valence-electron chi connectivity index (χ0n) is 10.3. The number of hydrogen-bond donors (Lipinski definition) is 1. The van der Waals surface area contributed by atoms with Gasteiger partial charge in [0, 0.05) is 24.8 Å². The van der Waals surface area contributed by atoms with Crippen LogP contribution in [0, 0.1) is 0 Å². The molecule has 0 fully saturated rings. The summed E-state index contributed by atoms with van der Waals surface area (Å²) in [6, 6.07) is 5.65. The molecule has 1 atom stereocenters. The number of imidazole rings is 1. The Morgan fingerprint density at radius 2 is 2.11 bits per heavy atom. The van der Waals surface area contributed by atoms with E-state index < -0.39 is 6.10 Å². The second kappa shape index (κ2) is 4.66. The van der Waals surface area contributed by atoms with Crippen molar-refractivity contribution in [3.8, 4) is 5.88 Å². The highest BCUT2D eigenvalue weighted by atomic mass is 16.5. The first kappa shape index (κ1) is 11.6. The smallest absolute Gasteiger partial charge is 0.238 e. The molecule has 3 rings (SSSR count). The van der Waals surface area contributed by atoms with E-state index in [2.05, 4.69) is 15.0 Å². The van der Waals surface area contributed by atoms with Crippen LogP contribution in [0.15, 0.2) is 43.0 Å². The Kier molecular flexibility index (Phi) is 2.85. The van der Waals surface area contributed by atoms with Gasteiger partial charge >= 0.3 is 0 Å². The van der Waals surface area contributed by atoms with E-state index in [1.165, 1.54) is 19.5 Å². The van der Waals surface area contributed by atoms with Gasteiger partial charge in [0.05, 0.1) is 12.8 Å². The van der Waals surface area contributed by atoms with Crippen molar-refractivity contribution >= 4 is 5.65 Å². The minimum atomic E-state index is -0.969. The number of ether oxygens (including phenoxy) is 1. The summed E-state index contributed by atoms with van der Waals surface area (Å²) in [5.74, 6) is 0.298. The molecule has 0 radical (unpaired) electrons. The summed E-state index contributed by atoms with van der Waals surface area (Å²) >= 11 is 0. The van der Waals surface area contributed by atoms with Crippen molar-refractivity contribution in [2.75, 3.05) is 7.11 Å². The fourth-order valence-corrected chi connectivity index (χ4v) is 1.91. The quantitative estimate of drug-likeness (QED) is 0.762. The molecule has 0 aliphatic heterocycles. The molecular formula is C13H12N4O2. The molecule has 3 heterocycles. The summed E-state index contributed by atoms with van der Waals surface area (Å²) in [6.45, 7) is 0. The van der Waals surface area contributed by atoms with Crippen LogP contribution >= 0.6 is 0 Å². The van der Waals surface area contributed by atoms with Gasteiger partial charge in [-0.1, -0.05) is 6.07 Å². The van der Waals surface area contributed by atoms with Crippen LogP contribution in [0.5, 0.6) is 5.88 Å². The summed E-state index contributed by atoms with van der Waals surface area (Å²) in [5.41, 5.74) is 1.62. The summed E-state index contributed by atoms with van der Waals surface area (Å²) in [6.07, 6.45) is 5.68. The molecule has 0 spiro atoms. The highest BCUT2D eigenvalue weighted by Crippen LogP contribution is 2.25. The minimum Gasteiger partial charge on any atom is -0.480 e. The Labute approximate surface area is 109 Å². The van der Waals surface area contributed by atoms with Crippen molar-refractivity contribution in [1.82, 2.24) is 19.4 Å². The molecule has 6 heteroatoms. The van der Waals surface area contributed by atoms with Gasteiger partial charge in [0.1, 0.15) is 17.4 Å². The van der Waals surface area contributed by atoms with Crippen molar-refractivity contribution in [3.05, 3.63) is 54.4 Å². The predicted octanol–water partition coefficient (Wildman–Crippen LogP) is 1.21. The number of fused-ring (bicyclic) bond motifs is 1. The van der Waals surface area contributed by atoms with E-state index in [1.54, 1.807) is 6.20 Å². The topological polar surface area (TPSA) is 72.5 Å². The number of aliphatic hydroxyl groups excluding tert-OH is 1. The van der Waals surface area contributed by atoms with Crippen LogP contribution in [-0.2, 0) is 0 Å². The van der Waals surface area contributed by atoms with Gasteiger partial charge in [-0.3, -0.25) is 4.98 Å². The van der Waals surface area contributed by atoms with Gasteiger partial charge < -0.3 is 14.2 Å². The molecule has 1 N–H and O–H groups in total. The van der Waals surface area contributed by atoms with Gasteiger partial charge in [-0.15, -0.1) is 0 Å². The Bertz CT molecular complexity index is 677. The Balaban J connectivity index is 2.05. The maximum atomic E-state index is 10.3. The standard InChI is InChI=1S/C13H12N4O2/c1-19-13-11(14-5-6-15-13)12(18)9-8-17-7-3-2-4-10(17)16-9/h2-8,12,18H,1H3. The van der Waals surface area contributed by atoms with Crippen molar-refractivity contribution in [2.24, 2.45) is 0 Å². The van der Waals surface area contributed by atoms with Crippen molar-refractivity contribution < 1.29 is 9.84 Å². The van der Waals surface area contributed by atoms with Gasteiger partial charge in [-0.05, 0) is 12.1 Å². The van der Waals surface area contributed by atoms with E-state index in [1.807, 2.05) is 28.8 Å². The van der Waals surface area contributed by atoms with Gasteiger partial charge in [0.25, 0.3) is 0 Å². The zero-order valence-corrected chi connectivity index (χ0v) is 10.3. The highest BCUT2D eigenvalue weighted by molar-refractivity contribution is 5.41. The number of pyridine rings is 1. The Hall–Kier alpha value is -2.47. The summed E-state index contributed by atoms with van der Waals surface area (Å²) < 4.78 is 6.93. The maximum Gasteiger partial charge on any atom is 0.238 e. The molecule has 0 amide bonds. The molecular weight excluding hydrogens is 244 g/mol. The first-order chi connectivity index (χ1) is 9.29. The average Bonchev–Trinajstić information content (AvgIpc) is 2.90. The van der Waals surface area contributed by atoms with Gasteiger partial charge in [0.2, 0.25) is 5.88 Å². The summed E-state index contributed by atoms with van der Waals surface area (Å²) in [5, 5.41) is 10.3. The molecule has 0 bridgehead atoms. The fraction of sp³-hybridized carbons (Fsp3) is 0.154. The van der Waals surface area contributed by atoms with Crippen LogP contribution in [0.4, 0.5) is 0 Å². The lowest BCUT2D eigenvalue weighted by molar-refractivity contribution is 0.203. The average molecular weight is 256 g/mol. The van der Waals surface area contributed by atoms with E-state index in [4.69, 9.17) is 4.74 Å². The van der Waals surface area contributed by atoms with Gasteiger partial charge in [-0.25, -0.2) is 9.97 Å². The molecule has 0 saturated carbocycles. The van der Waals surface area contributed by atoms with E-state index in [9.17, 15) is 5.11 Å². The Morgan fingerprint density at radius 1 is 1.26 bits per heavy atom. The third-order valence-electron chi connectivity index (χ3n) is 2.81. The molecule has 96 valence electrons. The zero-order chi connectivity index (χ0) is 13.2. The normalized spacial score (nSPS) is 12.5. The van der Waals surface area contributed by atoms with Crippen molar-refractivity contribution in [3.63, 3.8) is 0 Å². The summed E-state index contributed by atoms with van der Waals surface area (Å²) in [7, 11) is 1.49. The second-order valence-corrected chi connectivity index (χ2v) is 3.99. The largest absolute Gasteiger partial charge is 0.480 e. The van der Waals surface area contributed by atoms with Crippen LogP contribution in [0.3, 0.4) is 0 Å². The predicted molar refractivity (Wildman–Crippen MR) is 67.8 cm³/mol. The number of methoxy groups -OCH3 is 1. The molecule has 19 heavy (non-hydrogen) atoms. The van der Waals surface area contributed by atoms with E-state index >= 15 is 0 Å². The molecule has 1 unspecified atom stereocenters. The third kappa shape index (κ3) is 2.02. The number of aromatic nitrogens is 4. The summed E-state index contributed by atoms with van der Waals surface area (Å²) in [4.78, 5) is 12.5. The lowest BCUT2D eigenvalue weighted by Gasteiger charge is -2.09. The van der Waals surface area contributed by atoms with Gasteiger partial charge in [0.15, 0.2) is 0 Å². The minimum absolute atomic E-state index is 0.298. The van der Waals surface area contributed by atoms with Crippen LogP contribution in [0.1, 0.15) is 17.5 Å². The Morgan fingerprint density at radius 3 is 2.89 bits per heavy atom. The number of rotatable bonds is 3. The molecule has 3 aromatic rings. The van der Waals surface area contributed by atoms with E-state index in [0.29, 0.717) is 17.3 Å². The number of aliphatic hydroxyl groups is 1. The van der Waals surface area contributed by atoms with Crippen LogP contribution < -0.4 is 4.74 Å². The maximum absolute atomic E-state index is 10.3. The van der Waals surface area contributed by atoms with E-state index in [-0.39, 0.29) is 0 Å². The van der Waals surface area contributed by atoms with Gasteiger partial charge in [-0.2, -0.15) is 0 Å². The van der Waals surface area contributed by atoms with Crippen LogP contribution in [0.25, 0.3) is 5.65 Å².